The monoisotopic (exact) mass is 442 g/mol. The van der Waals surface area contributed by atoms with Crippen LogP contribution >= 0.6 is 11.3 Å². The van der Waals surface area contributed by atoms with Crippen LogP contribution in [0.5, 0.6) is 5.75 Å². The topological polar surface area (TPSA) is 98.1 Å². The highest BCUT2D eigenvalue weighted by Gasteiger charge is 2.31. The Kier molecular flexibility index (Phi) is 5.69. The minimum absolute atomic E-state index is 0.171. The van der Waals surface area contributed by atoms with Crippen LogP contribution in [-0.4, -0.2) is 32.5 Å². The minimum atomic E-state index is -4.81. The number of nitrogens with one attached hydrogen (secondary N) is 1. The maximum absolute atomic E-state index is 12.4. The van der Waals surface area contributed by atoms with Crippen molar-refractivity contribution in [3.05, 3.63) is 52.4 Å². The van der Waals surface area contributed by atoms with Gasteiger partial charge >= 0.3 is 24.0 Å². The van der Waals surface area contributed by atoms with Crippen LogP contribution < -0.4 is 20.6 Å². The number of hydrogen-bond donors (Lipinski definition) is 1. The van der Waals surface area contributed by atoms with Crippen LogP contribution in [0.4, 0.5) is 28.7 Å². The Morgan fingerprint density at radius 1 is 1.17 bits per heavy atom. The smallest absolute Gasteiger partial charge is 0.465 e. The van der Waals surface area contributed by atoms with E-state index in [0.717, 1.165) is 35.5 Å². The summed E-state index contributed by atoms with van der Waals surface area (Å²) in [6, 6.07) is 6.84. The number of carbonyl (C=O) groups excluding carboxylic acids is 2. The molecule has 2 aromatic heterocycles. The second kappa shape index (κ2) is 8.06. The lowest BCUT2D eigenvalue weighted by atomic mass is 10.3. The summed E-state index contributed by atoms with van der Waals surface area (Å²) >= 11 is 1.05. The van der Waals surface area contributed by atoms with Gasteiger partial charge in [0.1, 0.15) is 16.3 Å². The molecular formula is C18H13F3N2O6S. The van der Waals surface area contributed by atoms with Gasteiger partial charge in [0.05, 0.1) is 11.8 Å². The summed E-state index contributed by atoms with van der Waals surface area (Å²) in [5.41, 5.74) is -0.668. The lowest BCUT2D eigenvalue weighted by molar-refractivity contribution is -0.274. The van der Waals surface area contributed by atoms with Gasteiger partial charge in [-0.2, -0.15) is 0 Å². The lowest BCUT2D eigenvalue weighted by Gasteiger charge is -2.18. The van der Waals surface area contributed by atoms with Crippen LogP contribution in [0, 0.1) is 0 Å². The number of alkyl halides is 3. The predicted molar refractivity (Wildman–Crippen MR) is 102 cm³/mol. The molecule has 2 heterocycles. The van der Waals surface area contributed by atoms with E-state index in [0.29, 0.717) is 15.4 Å². The highest BCUT2D eigenvalue weighted by molar-refractivity contribution is 7.22. The average molecular weight is 442 g/mol. The molecule has 3 rings (SSSR count). The molecule has 0 aliphatic heterocycles. The number of halogens is 3. The van der Waals surface area contributed by atoms with Crippen molar-refractivity contribution in [3.63, 3.8) is 0 Å². The number of rotatable bonds is 4. The third-order valence-corrected chi connectivity index (χ3v) is 4.80. The first kappa shape index (κ1) is 21.2. The first-order valence-electron chi connectivity index (χ1n) is 8.14. The maximum Gasteiger partial charge on any atom is 0.573 e. The number of ether oxygens (including phenoxy) is 2. The maximum atomic E-state index is 12.4. The number of amides is 2. The summed E-state index contributed by atoms with van der Waals surface area (Å²) in [5, 5.41) is 2.90. The third kappa shape index (κ3) is 4.71. The van der Waals surface area contributed by atoms with Crippen LogP contribution in [0.25, 0.3) is 10.3 Å². The number of urea groups is 1. The molecule has 0 aliphatic rings. The Morgan fingerprint density at radius 2 is 1.83 bits per heavy atom. The fourth-order valence-corrected chi connectivity index (χ4v) is 3.32. The molecule has 30 heavy (non-hydrogen) atoms. The zero-order valence-electron chi connectivity index (χ0n) is 15.4. The van der Waals surface area contributed by atoms with E-state index < -0.39 is 29.7 Å². The molecule has 0 spiro atoms. The molecular weight excluding hydrogens is 429 g/mol. The number of methoxy groups -OCH3 is 1. The Labute approximate surface area is 170 Å². The molecule has 2 amide bonds. The molecule has 0 saturated heterocycles. The van der Waals surface area contributed by atoms with Crippen LogP contribution in [0.1, 0.15) is 10.4 Å². The van der Waals surface area contributed by atoms with Crippen molar-refractivity contribution in [3.8, 4) is 5.75 Å². The Morgan fingerprint density at radius 3 is 2.43 bits per heavy atom. The van der Waals surface area contributed by atoms with Gasteiger partial charge in [0.15, 0.2) is 5.58 Å². The number of esters is 1. The van der Waals surface area contributed by atoms with E-state index in [1.54, 1.807) is 0 Å². The Hall–Kier alpha value is -3.54. The average Bonchev–Trinajstić information content (AvgIpc) is 3.06. The quantitative estimate of drug-likeness (QED) is 0.608. The van der Waals surface area contributed by atoms with E-state index in [-0.39, 0.29) is 11.1 Å². The minimum Gasteiger partial charge on any atom is -0.465 e. The van der Waals surface area contributed by atoms with Gasteiger partial charge in [-0.15, -0.1) is 24.5 Å². The number of carbonyl (C=O) groups is 2. The summed E-state index contributed by atoms with van der Waals surface area (Å²) in [6.07, 6.45) is -4.81. The van der Waals surface area contributed by atoms with Crippen molar-refractivity contribution in [1.82, 2.24) is 0 Å². The molecule has 0 fully saturated rings. The van der Waals surface area contributed by atoms with Gasteiger partial charge < -0.3 is 13.9 Å². The largest absolute Gasteiger partial charge is 0.573 e. The highest BCUT2D eigenvalue weighted by Crippen LogP contribution is 2.30. The molecule has 12 heteroatoms. The second-order valence-corrected chi connectivity index (χ2v) is 6.89. The lowest BCUT2D eigenvalue weighted by Crippen LogP contribution is -2.30. The summed E-state index contributed by atoms with van der Waals surface area (Å²) in [7, 11) is 2.54. The van der Waals surface area contributed by atoms with Crippen molar-refractivity contribution in [2.24, 2.45) is 0 Å². The van der Waals surface area contributed by atoms with E-state index in [2.05, 4.69) is 14.8 Å². The Balaban J connectivity index is 1.75. The summed E-state index contributed by atoms with van der Waals surface area (Å²) in [5.74, 6) is -1.26. The van der Waals surface area contributed by atoms with Gasteiger partial charge in [-0.3, -0.25) is 10.2 Å². The molecule has 0 radical (unpaired) electrons. The van der Waals surface area contributed by atoms with Crippen LogP contribution in [0.2, 0.25) is 0 Å². The Bertz CT molecular complexity index is 1150. The first-order valence-corrected chi connectivity index (χ1v) is 8.95. The molecule has 0 unspecified atom stereocenters. The number of anilines is 2. The van der Waals surface area contributed by atoms with E-state index in [4.69, 9.17) is 4.42 Å². The first-order chi connectivity index (χ1) is 14.1. The van der Waals surface area contributed by atoms with Crippen molar-refractivity contribution in [1.29, 1.82) is 0 Å². The van der Waals surface area contributed by atoms with Gasteiger partial charge in [0.25, 0.3) is 0 Å². The molecule has 3 aromatic rings. The van der Waals surface area contributed by atoms with E-state index in [9.17, 15) is 27.6 Å². The van der Waals surface area contributed by atoms with E-state index >= 15 is 0 Å². The van der Waals surface area contributed by atoms with Gasteiger partial charge in [-0.1, -0.05) is 0 Å². The van der Waals surface area contributed by atoms with Crippen molar-refractivity contribution < 1.29 is 36.7 Å². The zero-order chi connectivity index (χ0) is 22.1. The molecule has 8 nitrogen and oxygen atoms in total. The second-order valence-electron chi connectivity index (χ2n) is 5.81. The van der Waals surface area contributed by atoms with Gasteiger partial charge in [0, 0.05) is 18.8 Å². The standard InChI is InChI=1S/C18H13F3N2O6S/c1-23(9-3-5-10(6-4-9)29-18(19,20)21)17(26)22-14-8-12-13(30-14)7-11(15(24)27-2)16(25)28-12/h3-8H,1-2H3,(H,22,26). The SMILES string of the molecule is COC(=O)c1cc2sc(NC(=O)N(C)c3ccc(OC(F)(F)F)cc3)cc2oc1=O. The number of fused-ring (bicyclic) bond motifs is 1. The molecule has 1 aromatic carbocycles. The highest BCUT2D eigenvalue weighted by atomic mass is 32.1. The van der Waals surface area contributed by atoms with Gasteiger partial charge in [-0.25, -0.2) is 14.4 Å². The molecule has 0 bridgehead atoms. The van der Waals surface area contributed by atoms with Crippen LogP contribution in [0.15, 0.2) is 45.6 Å². The number of benzene rings is 1. The van der Waals surface area contributed by atoms with E-state index in [1.807, 2.05) is 0 Å². The van der Waals surface area contributed by atoms with Gasteiger partial charge in [-0.05, 0) is 30.3 Å². The summed E-state index contributed by atoms with van der Waals surface area (Å²) < 4.78 is 50.5. The fourth-order valence-electron chi connectivity index (χ4n) is 2.41. The van der Waals surface area contributed by atoms with Crippen molar-refractivity contribution in [2.75, 3.05) is 24.4 Å². The van der Waals surface area contributed by atoms with E-state index in [1.165, 1.54) is 31.3 Å². The third-order valence-electron chi connectivity index (χ3n) is 3.82. The molecule has 0 atom stereocenters. The molecule has 0 saturated carbocycles. The molecule has 0 aliphatic carbocycles. The number of nitrogens with zero attached hydrogens (tertiary/aromatic N) is 1. The predicted octanol–water partition coefficient (Wildman–Crippen LogP) is 4.21. The number of hydrogen-bond acceptors (Lipinski definition) is 7. The molecule has 1 N–H and O–H groups in total. The van der Waals surface area contributed by atoms with Crippen LogP contribution in [-0.2, 0) is 4.74 Å². The zero-order valence-corrected chi connectivity index (χ0v) is 16.2. The normalized spacial score (nSPS) is 11.2. The summed E-state index contributed by atoms with van der Waals surface area (Å²) in [4.78, 5) is 37.0. The van der Waals surface area contributed by atoms with Crippen molar-refractivity contribution >= 4 is 44.3 Å². The fraction of sp³-hybridized carbons (Fsp3) is 0.167. The van der Waals surface area contributed by atoms with Crippen molar-refractivity contribution in [2.45, 2.75) is 6.36 Å². The van der Waals surface area contributed by atoms with Crippen LogP contribution in [0.3, 0.4) is 0 Å². The van der Waals surface area contributed by atoms with Gasteiger partial charge in [0.2, 0.25) is 0 Å². The summed E-state index contributed by atoms with van der Waals surface area (Å²) in [6.45, 7) is 0. The molecule has 158 valence electrons. The number of thiophene rings is 1.